The van der Waals surface area contributed by atoms with E-state index in [-0.39, 0.29) is 5.41 Å². The second kappa shape index (κ2) is 7.01. The third-order valence-corrected chi connectivity index (χ3v) is 4.87. The van der Waals surface area contributed by atoms with Crippen LogP contribution in [0.15, 0.2) is 28.7 Å². The highest BCUT2D eigenvalue weighted by atomic mass is 79.9. The van der Waals surface area contributed by atoms with Crippen molar-refractivity contribution >= 4 is 39.1 Å². The van der Waals surface area contributed by atoms with Gasteiger partial charge in [0.2, 0.25) is 0 Å². The van der Waals surface area contributed by atoms with Crippen LogP contribution in [0.5, 0.6) is 0 Å². The van der Waals surface area contributed by atoms with E-state index in [4.69, 9.17) is 23.2 Å². The summed E-state index contributed by atoms with van der Waals surface area (Å²) in [4.78, 5) is 0. The molecule has 0 heterocycles. The number of rotatable bonds is 6. The van der Waals surface area contributed by atoms with Gasteiger partial charge in [-0.05, 0) is 24.0 Å². The third kappa shape index (κ3) is 3.87. The average Bonchev–Trinajstić information content (AvgIpc) is 2.32. The van der Waals surface area contributed by atoms with Gasteiger partial charge in [-0.2, -0.15) is 0 Å². The summed E-state index contributed by atoms with van der Waals surface area (Å²) in [6.07, 6.45) is 2.17. The minimum absolute atomic E-state index is 0.118. The van der Waals surface area contributed by atoms with Crippen LogP contribution in [0, 0.1) is 5.92 Å². The second-order valence-electron chi connectivity index (χ2n) is 4.96. The summed E-state index contributed by atoms with van der Waals surface area (Å²) in [6.45, 7) is 4.46. The Hall–Kier alpha value is 0.280. The fourth-order valence-corrected chi connectivity index (χ4v) is 3.45. The predicted octanol–water partition coefficient (Wildman–Crippen LogP) is 5.60. The molecule has 0 saturated carbocycles. The standard InChI is InChI=1S/C14H19BrCl2/c1-11(2)7-8-14(9-16,10-17)12-5-3-4-6-13(12)15/h3-6,11H,7-10H2,1-2H3. The largest absolute Gasteiger partial charge is 0.126 e. The first-order valence-corrected chi connectivity index (χ1v) is 7.79. The topological polar surface area (TPSA) is 0 Å². The van der Waals surface area contributed by atoms with Crippen LogP contribution >= 0.6 is 39.1 Å². The lowest BCUT2D eigenvalue weighted by molar-refractivity contribution is 0.422. The summed E-state index contributed by atoms with van der Waals surface area (Å²) in [6, 6.07) is 8.24. The van der Waals surface area contributed by atoms with E-state index in [0.717, 1.165) is 17.3 Å². The molecule has 0 fully saturated rings. The van der Waals surface area contributed by atoms with E-state index >= 15 is 0 Å². The van der Waals surface area contributed by atoms with E-state index in [1.807, 2.05) is 12.1 Å². The predicted molar refractivity (Wildman–Crippen MR) is 81.3 cm³/mol. The van der Waals surface area contributed by atoms with Crippen molar-refractivity contribution < 1.29 is 0 Å². The molecule has 17 heavy (non-hydrogen) atoms. The van der Waals surface area contributed by atoms with Gasteiger partial charge in [-0.3, -0.25) is 0 Å². The zero-order valence-electron chi connectivity index (χ0n) is 10.3. The monoisotopic (exact) mass is 336 g/mol. The molecule has 0 saturated heterocycles. The first-order valence-electron chi connectivity index (χ1n) is 5.92. The molecule has 0 bridgehead atoms. The Balaban J connectivity index is 3.02. The maximum absolute atomic E-state index is 6.21. The van der Waals surface area contributed by atoms with Crippen molar-refractivity contribution in [2.24, 2.45) is 5.92 Å². The fraction of sp³-hybridized carbons (Fsp3) is 0.571. The van der Waals surface area contributed by atoms with Gasteiger partial charge >= 0.3 is 0 Å². The van der Waals surface area contributed by atoms with Crippen LogP contribution in [-0.4, -0.2) is 11.8 Å². The van der Waals surface area contributed by atoms with Gasteiger partial charge in [0.05, 0.1) is 0 Å². The quantitative estimate of drug-likeness (QED) is 0.592. The van der Waals surface area contributed by atoms with Gasteiger partial charge < -0.3 is 0 Å². The maximum atomic E-state index is 6.21. The first-order chi connectivity index (χ1) is 8.05. The molecular weight excluding hydrogens is 319 g/mol. The lowest BCUT2D eigenvalue weighted by Gasteiger charge is -2.32. The highest BCUT2D eigenvalue weighted by Gasteiger charge is 2.32. The van der Waals surface area contributed by atoms with E-state index in [1.54, 1.807) is 0 Å². The average molecular weight is 338 g/mol. The lowest BCUT2D eigenvalue weighted by atomic mass is 9.78. The van der Waals surface area contributed by atoms with Crippen LogP contribution in [0.3, 0.4) is 0 Å². The van der Waals surface area contributed by atoms with Crippen LogP contribution in [0.1, 0.15) is 32.3 Å². The molecule has 0 aliphatic rings. The minimum atomic E-state index is -0.118. The molecule has 0 aliphatic heterocycles. The number of hydrogen-bond acceptors (Lipinski definition) is 0. The Bertz CT molecular complexity index is 346. The Kier molecular flexibility index (Phi) is 6.33. The van der Waals surface area contributed by atoms with Gasteiger partial charge in [-0.15, -0.1) is 23.2 Å². The summed E-state index contributed by atoms with van der Waals surface area (Å²) in [7, 11) is 0. The summed E-state index contributed by atoms with van der Waals surface area (Å²) in [5.41, 5.74) is 1.11. The third-order valence-electron chi connectivity index (χ3n) is 3.16. The minimum Gasteiger partial charge on any atom is -0.126 e. The summed E-state index contributed by atoms with van der Waals surface area (Å²) < 4.78 is 1.10. The van der Waals surface area contributed by atoms with Crippen LogP contribution in [0.2, 0.25) is 0 Å². The highest BCUT2D eigenvalue weighted by molar-refractivity contribution is 9.10. The van der Waals surface area contributed by atoms with Gasteiger partial charge in [0.25, 0.3) is 0 Å². The van der Waals surface area contributed by atoms with E-state index < -0.39 is 0 Å². The SMILES string of the molecule is CC(C)CCC(CCl)(CCl)c1ccccc1Br. The van der Waals surface area contributed by atoms with Crippen LogP contribution in [-0.2, 0) is 5.41 Å². The van der Waals surface area contributed by atoms with Gasteiger partial charge in [0.15, 0.2) is 0 Å². The molecule has 0 radical (unpaired) electrons. The molecule has 3 heteroatoms. The Morgan fingerprint density at radius 1 is 1.18 bits per heavy atom. The molecule has 0 spiro atoms. The fourth-order valence-electron chi connectivity index (χ4n) is 1.90. The summed E-state index contributed by atoms with van der Waals surface area (Å²) in [5.74, 6) is 1.79. The molecular formula is C14H19BrCl2. The van der Waals surface area contributed by atoms with E-state index in [9.17, 15) is 0 Å². The summed E-state index contributed by atoms with van der Waals surface area (Å²) in [5, 5.41) is 0. The molecule has 0 amide bonds. The number of hydrogen-bond donors (Lipinski definition) is 0. The smallest absolute Gasteiger partial charge is 0.0332 e. The highest BCUT2D eigenvalue weighted by Crippen LogP contribution is 2.37. The van der Waals surface area contributed by atoms with Gasteiger partial charge in [-0.25, -0.2) is 0 Å². The molecule has 96 valence electrons. The van der Waals surface area contributed by atoms with Crippen molar-refractivity contribution in [1.82, 2.24) is 0 Å². The zero-order valence-corrected chi connectivity index (χ0v) is 13.4. The molecule has 0 atom stereocenters. The summed E-state index contributed by atoms with van der Waals surface area (Å²) >= 11 is 16.0. The van der Waals surface area contributed by atoms with Crippen LogP contribution in [0.25, 0.3) is 0 Å². The molecule has 0 N–H and O–H groups in total. The van der Waals surface area contributed by atoms with Crippen molar-refractivity contribution in [1.29, 1.82) is 0 Å². The van der Waals surface area contributed by atoms with Gasteiger partial charge in [-0.1, -0.05) is 54.4 Å². The van der Waals surface area contributed by atoms with E-state index in [2.05, 4.69) is 41.9 Å². The Morgan fingerprint density at radius 2 is 1.76 bits per heavy atom. The Labute approximate surface area is 123 Å². The molecule has 0 unspecified atom stereocenters. The van der Waals surface area contributed by atoms with Crippen molar-refractivity contribution in [2.75, 3.05) is 11.8 Å². The van der Waals surface area contributed by atoms with Crippen LogP contribution in [0.4, 0.5) is 0 Å². The molecule has 1 rings (SSSR count). The Morgan fingerprint density at radius 3 is 2.24 bits per heavy atom. The maximum Gasteiger partial charge on any atom is 0.0332 e. The van der Waals surface area contributed by atoms with Gasteiger partial charge in [0, 0.05) is 21.6 Å². The van der Waals surface area contributed by atoms with E-state index in [1.165, 1.54) is 5.56 Å². The molecule has 1 aromatic carbocycles. The van der Waals surface area contributed by atoms with Crippen molar-refractivity contribution in [3.8, 4) is 0 Å². The molecule has 0 aliphatic carbocycles. The second-order valence-corrected chi connectivity index (χ2v) is 6.35. The molecule has 0 aromatic heterocycles. The van der Waals surface area contributed by atoms with Crippen molar-refractivity contribution in [3.05, 3.63) is 34.3 Å². The first kappa shape index (κ1) is 15.3. The number of halogens is 3. The number of benzene rings is 1. The van der Waals surface area contributed by atoms with Crippen LogP contribution < -0.4 is 0 Å². The molecule has 1 aromatic rings. The van der Waals surface area contributed by atoms with E-state index in [0.29, 0.717) is 17.7 Å². The van der Waals surface area contributed by atoms with Crippen molar-refractivity contribution in [3.63, 3.8) is 0 Å². The van der Waals surface area contributed by atoms with Gasteiger partial charge in [0.1, 0.15) is 0 Å². The normalized spacial score (nSPS) is 12.1. The number of alkyl halides is 2. The molecule has 0 nitrogen and oxygen atoms in total. The van der Waals surface area contributed by atoms with Crippen molar-refractivity contribution in [2.45, 2.75) is 32.1 Å². The lowest BCUT2D eigenvalue weighted by Crippen LogP contribution is -2.31. The zero-order chi connectivity index (χ0) is 12.9.